The highest BCUT2D eigenvalue weighted by Gasteiger charge is 2.20. The van der Waals surface area contributed by atoms with Crippen molar-refractivity contribution in [3.8, 4) is 0 Å². The summed E-state index contributed by atoms with van der Waals surface area (Å²) in [6, 6.07) is -0.555. The Balaban J connectivity index is 3.44. The summed E-state index contributed by atoms with van der Waals surface area (Å²) in [5.41, 5.74) is 0. The van der Waals surface area contributed by atoms with Gasteiger partial charge in [-0.1, -0.05) is 295 Å². The number of nitrogens with one attached hydrogen (secondary N) is 1. The molecule has 1 amide bonds. The number of carbonyl (C=O) groups is 2. The SMILES string of the molecule is CCCCCCCC/C=C\CCCCCCCCCCCC(=O)OCCCCCCCCC/C=C\CCCCCCCC(=O)NC(CO)C(O)CCCCCCCCCCCCCCCCCCCCCC. The van der Waals surface area contributed by atoms with E-state index in [1.165, 1.54) is 263 Å². The number of ether oxygens (including phenoxy) is 1. The molecule has 6 nitrogen and oxygen atoms in total. The molecule has 0 radical (unpaired) electrons. The number of unbranched alkanes of at least 4 members (excludes halogenated alkanes) is 46. The number of amides is 1. The predicted octanol–water partition coefficient (Wildman–Crippen LogP) is 20.6. The van der Waals surface area contributed by atoms with Crippen molar-refractivity contribution in [3.05, 3.63) is 24.3 Å². The van der Waals surface area contributed by atoms with E-state index in [1.54, 1.807) is 0 Å². The van der Waals surface area contributed by atoms with Crippen LogP contribution in [0.4, 0.5) is 0 Å². The van der Waals surface area contributed by atoms with E-state index in [4.69, 9.17) is 4.74 Å². The monoisotopic (exact) mass is 1010 g/mol. The Hall–Kier alpha value is -1.66. The Morgan fingerprint density at radius 3 is 0.986 bits per heavy atom. The lowest BCUT2D eigenvalue weighted by atomic mass is 10.0. The third-order valence-corrected chi connectivity index (χ3v) is 15.2. The van der Waals surface area contributed by atoms with Gasteiger partial charge in [0, 0.05) is 12.8 Å². The van der Waals surface area contributed by atoms with Crippen LogP contribution in [0.3, 0.4) is 0 Å². The molecular weight excluding hydrogens is 887 g/mol. The highest BCUT2D eigenvalue weighted by molar-refractivity contribution is 5.76. The van der Waals surface area contributed by atoms with Gasteiger partial charge in [-0.3, -0.25) is 9.59 Å². The fourth-order valence-corrected chi connectivity index (χ4v) is 10.2. The number of carbonyl (C=O) groups excluding carboxylic acids is 2. The number of aliphatic hydroxyl groups is 2. The number of allylic oxidation sites excluding steroid dienone is 4. The van der Waals surface area contributed by atoms with E-state index in [0.717, 1.165) is 64.2 Å². The molecule has 2 atom stereocenters. The van der Waals surface area contributed by atoms with Crippen molar-refractivity contribution in [3.63, 3.8) is 0 Å². The Labute approximate surface area is 450 Å². The van der Waals surface area contributed by atoms with Crippen LogP contribution in [0, 0.1) is 0 Å². The van der Waals surface area contributed by atoms with Crippen LogP contribution in [0.2, 0.25) is 0 Å². The van der Waals surface area contributed by atoms with E-state index < -0.39 is 12.1 Å². The first kappa shape index (κ1) is 70.3. The molecule has 72 heavy (non-hydrogen) atoms. The fourth-order valence-electron chi connectivity index (χ4n) is 10.2. The van der Waals surface area contributed by atoms with Gasteiger partial charge in [-0.25, -0.2) is 0 Å². The van der Waals surface area contributed by atoms with Gasteiger partial charge in [0.25, 0.3) is 0 Å². The van der Waals surface area contributed by atoms with Gasteiger partial charge in [0.2, 0.25) is 5.91 Å². The third kappa shape index (κ3) is 57.6. The first-order valence-electron chi connectivity index (χ1n) is 32.6. The first-order chi connectivity index (χ1) is 35.5. The summed E-state index contributed by atoms with van der Waals surface area (Å²) in [7, 11) is 0. The van der Waals surface area contributed by atoms with E-state index in [2.05, 4.69) is 43.5 Å². The summed E-state index contributed by atoms with van der Waals surface area (Å²) >= 11 is 0. The second kappa shape index (κ2) is 61.9. The fraction of sp³-hybridized carbons (Fsp3) is 0.909. The molecule has 0 bridgehead atoms. The van der Waals surface area contributed by atoms with Gasteiger partial charge in [-0.05, 0) is 77.0 Å². The molecule has 0 rings (SSSR count). The molecule has 0 spiro atoms. The molecule has 0 aliphatic heterocycles. The molecule has 6 heteroatoms. The second-order valence-electron chi connectivity index (χ2n) is 22.4. The highest BCUT2D eigenvalue weighted by atomic mass is 16.5. The first-order valence-corrected chi connectivity index (χ1v) is 32.6. The van der Waals surface area contributed by atoms with Crippen molar-refractivity contribution in [1.29, 1.82) is 0 Å². The van der Waals surface area contributed by atoms with E-state index in [0.29, 0.717) is 25.9 Å². The van der Waals surface area contributed by atoms with Crippen molar-refractivity contribution in [2.45, 2.75) is 373 Å². The molecule has 0 heterocycles. The second-order valence-corrected chi connectivity index (χ2v) is 22.4. The quantitative estimate of drug-likeness (QED) is 0.0320. The zero-order valence-corrected chi connectivity index (χ0v) is 48.7. The molecule has 0 saturated carbocycles. The summed E-state index contributed by atoms with van der Waals surface area (Å²) in [5.74, 6) is -0.0510. The number of aliphatic hydroxyl groups excluding tert-OH is 2. The lowest BCUT2D eigenvalue weighted by molar-refractivity contribution is -0.143. The molecule has 0 aromatic heterocycles. The van der Waals surface area contributed by atoms with Gasteiger partial charge in [-0.15, -0.1) is 0 Å². The summed E-state index contributed by atoms with van der Waals surface area (Å²) in [6.45, 7) is 4.95. The van der Waals surface area contributed by atoms with Crippen molar-refractivity contribution in [1.82, 2.24) is 5.32 Å². The van der Waals surface area contributed by atoms with Gasteiger partial charge >= 0.3 is 5.97 Å². The van der Waals surface area contributed by atoms with Gasteiger partial charge in [0.1, 0.15) is 0 Å². The minimum absolute atomic E-state index is 0.00232. The van der Waals surface area contributed by atoms with Gasteiger partial charge in [0.15, 0.2) is 0 Å². The normalized spacial score (nSPS) is 12.7. The number of rotatable bonds is 61. The number of hydrogen-bond donors (Lipinski definition) is 3. The summed E-state index contributed by atoms with van der Waals surface area (Å²) < 4.78 is 5.49. The highest BCUT2D eigenvalue weighted by Crippen LogP contribution is 2.18. The predicted molar refractivity (Wildman–Crippen MR) is 315 cm³/mol. The Morgan fingerprint density at radius 2 is 0.653 bits per heavy atom. The lowest BCUT2D eigenvalue weighted by Crippen LogP contribution is -2.45. The van der Waals surface area contributed by atoms with E-state index in [1.807, 2.05) is 0 Å². The van der Waals surface area contributed by atoms with E-state index in [-0.39, 0.29) is 18.5 Å². The van der Waals surface area contributed by atoms with E-state index >= 15 is 0 Å². The van der Waals surface area contributed by atoms with Gasteiger partial charge < -0.3 is 20.3 Å². The number of hydrogen-bond acceptors (Lipinski definition) is 5. The maximum Gasteiger partial charge on any atom is 0.305 e. The topological polar surface area (TPSA) is 95.9 Å². The van der Waals surface area contributed by atoms with Crippen molar-refractivity contribution >= 4 is 11.9 Å². The zero-order chi connectivity index (χ0) is 52.2. The molecule has 0 aliphatic carbocycles. The molecule has 426 valence electrons. The van der Waals surface area contributed by atoms with Crippen LogP contribution < -0.4 is 5.32 Å². The van der Waals surface area contributed by atoms with Crippen LogP contribution in [-0.4, -0.2) is 47.4 Å². The summed E-state index contributed by atoms with van der Waals surface area (Å²) in [5, 5.41) is 23.4. The van der Waals surface area contributed by atoms with Crippen LogP contribution in [-0.2, 0) is 14.3 Å². The molecule has 2 unspecified atom stereocenters. The van der Waals surface area contributed by atoms with Gasteiger partial charge in [0.05, 0.1) is 25.4 Å². The Kier molecular flexibility index (Phi) is 60.5. The lowest BCUT2D eigenvalue weighted by Gasteiger charge is -2.22. The van der Waals surface area contributed by atoms with Crippen LogP contribution in [0.5, 0.6) is 0 Å². The van der Waals surface area contributed by atoms with Crippen LogP contribution >= 0.6 is 0 Å². The summed E-state index contributed by atoms with van der Waals surface area (Å²) in [4.78, 5) is 24.6. The standard InChI is InChI=1S/C66H127NO5/c1-3-5-7-9-11-13-15-17-19-21-23-25-26-30-34-38-42-46-50-54-58-64(69)63(62-68)67-65(70)59-55-51-47-43-39-35-31-28-29-33-37-41-45-49-53-57-61-72-66(71)60-56-52-48-44-40-36-32-27-24-22-20-18-16-14-12-10-8-6-4-2/h18,20,28,31,63-64,68-69H,3-17,19,21-27,29-30,32-62H2,1-2H3,(H,67,70)/b20-18-,31-28-. The molecule has 0 aromatic rings. The van der Waals surface area contributed by atoms with Crippen molar-refractivity contribution in [2.75, 3.05) is 13.2 Å². The maximum atomic E-state index is 12.5. The average Bonchev–Trinajstić information content (AvgIpc) is 3.38. The molecule has 0 saturated heterocycles. The maximum absolute atomic E-state index is 12.5. The molecule has 0 fully saturated rings. The average molecular weight is 1010 g/mol. The minimum atomic E-state index is -0.676. The van der Waals surface area contributed by atoms with Crippen molar-refractivity contribution < 1.29 is 24.5 Å². The zero-order valence-electron chi connectivity index (χ0n) is 48.7. The largest absolute Gasteiger partial charge is 0.466 e. The number of esters is 1. The summed E-state index contributed by atoms with van der Waals surface area (Å²) in [6.07, 6.45) is 76.2. The third-order valence-electron chi connectivity index (χ3n) is 15.2. The van der Waals surface area contributed by atoms with Crippen molar-refractivity contribution in [2.24, 2.45) is 0 Å². The van der Waals surface area contributed by atoms with Gasteiger partial charge in [-0.2, -0.15) is 0 Å². The van der Waals surface area contributed by atoms with Crippen LogP contribution in [0.15, 0.2) is 24.3 Å². The van der Waals surface area contributed by atoms with Crippen LogP contribution in [0.25, 0.3) is 0 Å². The molecule has 0 aromatic carbocycles. The molecule has 0 aliphatic rings. The molecule has 3 N–H and O–H groups in total. The molecular formula is C66H127NO5. The van der Waals surface area contributed by atoms with Crippen LogP contribution in [0.1, 0.15) is 361 Å². The van der Waals surface area contributed by atoms with E-state index in [9.17, 15) is 19.8 Å². The smallest absolute Gasteiger partial charge is 0.305 e. The minimum Gasteiger partial charge on any atom is -0.466 e. The Morgan fingerprint density at radius 1 is 0.375 bits per heavy atom. The Bertz CT molecular complexity index is 1120.